The molecule has 0 heterocycles. The van der Waals surface area contributed by atoms with Crippen molar-refractivity contribution in [3.8, 4) is 5.75 Å². The molecule has 0 unspecified atom stereocenters. The molecule has 0 saturated heterocycles. The summed E-state index contributed by atoms with van der Waals surface area (Å²) in [5.74, 6) is 0.889. The first-order valence-electron chi connectivity index (χ1n) is 6.88. The Labute approximate surface area is 121 Å². The quantitative estimate of drug-likeness (QED) is 0.877. The number of rotatable bonds is 6. The Morgan fingerprint density at radius 1 is 1.10 bits per heavy atom. The maximum atomic E-state index is 5.75. The van der Waals surface area contributed by atoms with Crippen LogP contribution in [0.15, 0.2) is 48.5 Å². The molecule has 0 amide bonds. The lowest BCUT2D eigenvalue weighted by atomic mass is 10.2. The Balaban J connectivity index is 1.82. The van der Waals surface area contributed by atoms with Crippen LogP contribution in [0.3, 0.4) is 0 Å². The molecule has 106 valence electrons. The second-order valence-corrected chi connectivity index (χ2v) is 4.96. The van der Waals surface area contributed by atoms with Gasteiger partial charge in [0.05, 0.1) is 6.54 Å². The standard InChI is InChI=1S/C17H22N2O/c1-14-4-3-5-16(12-14)19(2)10-11-20-17-8-6-15(13-18)7-9-17/h3-9,12H,10-11,13,18H2,1-2H3. The van der Waals surface area contributed by atoms with E-state index in [1.807, 2.05) is 24.3 Å². The van der Waals surface area contributed by atoms with Crippen molar-refractivity contribution in [2.24, 2.45) is 5.73 Å². The molecule has 0 spiro atoms. The van der Waals surface area contributed by atoms with E-state index in [4.69, 9.17) is 10.5 Å². The van der Waals surface area contributed by atoms with Crippen molar-refractivity contribution >= 4 is 5.69 Å². The molecule has 2 rings (SSSR count). The van der Waals surface area contributed by atoms with Crippen LogP contribution in [0.4, 0.5) is 5.69 Å². The molecule has 0 fully saturated rings. The topological polar surface area (TPSA) is 38.5 Å². The first kappa shape index (κ1) is 14.4. The number of anilines is 1. The van der Waals surface area contributed by atoms with Crippen molar-refractivity contribution in [3.05, 3.63) is 59.7 Å². The van der Waals surface area contributed by atoms with Crippen LogP contribution in [0.5, 0.6) is 5.75 Å². The van der Waals surface area contributed by atoms with E-state index in [9.17, 15) is 0 Å². The lowest BCUT2D eigenvalue weighted by Crippen LogP contribution is -2.23. The number of nitrogens with two attached hydrogens (primary N) is 1. The summed E-state index contributed by atoms with van der Waals surface area (Å²) in [5, 5.41) is 0. The van der Waals surface area contributed by atoms with Crippen molar-refractivity contribution in [1.29, 1.82) is 0 Å². The monoisotopic (exact) mass is 270 g/mol. The number of aryl methyl sites for hydroxylation is 1. The first-order valence-corrected chi connectivity index (χ1v) is 6.88. The molecule has 2 aromatic rings. The van der Waals surface area contributed by atoms with E-state index in [2.05, 4.69) is 43.1 Å². The summed E-state index contributed by atoms with van der Waals surface area (Å²) in [6.45, 7) is 4.18. The van der Waals surface area contributed by atoms with E-state index in [1.54, 1.807) is 0 Å². The fraction of sp³-hybridized carbons (Fsp3) is 0.294. The van der Waals surface area contributed by atoms with E-state index in [-0.39, 0.29) is 0 Å². The molecule has 0 aliphatic carbocycles. The number of ether oxygens (including phenoxy) is 1. The van der Waals surface area contributed by atoms with Gasteiger partial charge in [0.15, 0.2) is 0 Å². The second kappa shape index (κ2) is 6.96. The molecular formula is C17H22N2O. The van der Waals surface area contributed by atoms with E-state index in [0.29, 0.717) is 13.2 Å². The molecule has 20 heavy (non-hydrogen) atoms. The molecule has 0 aliphatic rings. The molecular weight excluding hydrogens is 248 g/mol. The summed E-state index contributed by atoms with van der Waals surface area (Å²) < 4.78 is 5.75. The van der Waals surface area contributed by atoms with Gasteiger partial charge in [0, 0.05) is 19.3 Å². The molecule has 3 nitrogen and oxygen atoms in total. The van der Waals surface area contributed by atoms with Crippen LogP contribution in [-0.2, 0) is 6.54 Å². The van der Waals surface area contributed by atoms with Gasteiger partial charge >= 0.3 is 0 Å². The minimum atomic E-state index is 0.566. The van der Waals surface area contributed by atoms with Crippen molar-refractivity contribution < 1.29 is 4.74 Å². The summed E-state index contributed by atoms with van der Waals surface area (Å²) in [7, 11) is 2.08. The highest BCUT2D eigenvalue weighted by molar-refractivity contribution is 5.47. The summed E-state index contributed by atoms with van der Waals surface area (Å²) in [6.07, 6.45) is 0. The minimum Gasteiger partial charge on any atom is -0.492 e. The average Bonchev–Trinajstić information content (AvgIpc) is 2.48. The Kier molecular flexibility index (Phi) is 5.02. The van der Waals surface area contributed by atoms with Gasteiger partial charge in [-0.1, -0.05) is 24.3 Å². The largest absolute Gasteiger partial charge is 0.492 e. The third kappa shape index (κ3) is 4.00. The summed E-state index contributed by atoms with van der Waals surface area (Å²) in [5.41, 5.74) is 9.17. The zero-order valence-corrected chi connectivity index (χ0v) is 12.2. The maximum Gasteiger partial charge on any atom is 0.119 e. The lowest BCUT2D eigenvalue weighted by molar-refractivity contribution is 0.326. The van der Waals surface area contributed by atoms with Gasteiger partial charge in [0.2, 0.25) is 0 Å². The summed E-state index contributed by atoms with van der Waals surface area (Å²) in [4.78, 5) is 2.20. The van der Waals surface area contributed by atoms with Gasteiger partial charge in [0.1, 0.15) is 12.4 Å². The number of hydrogen-bond donors (Lipinski definition) is 1. The van der Waals surface area contributed by atoms with Gasteiger partial charge in [-0.2, -0.15) is 0 Å². The zero-order chi connectivity index (χ0) is 14.4. The Bertz CT molecular complexity index is 537. The van der Waals surface area contributed by atoms with E-state index < -0.39 is 0 Å². The van der Waals surface area contributed by atoms with Crippen LogP contribution in [-0.4, -0.2) is 20.2 Å². The van der Waals surface area contributed by atoms with Crippen LogP contribution in [0, 0.1) is 6.92 Å². The highest BCUT2D eigenvalue weighted by atomic mass is 16.5. The van der Waals surface area contributed by atoms with Crippen molar-refractivity contribution in [2.75, 3.05) is 25.1 Å². The van der Waals surface area contributed by atoms with Gasteiger partial charge in [0.25, 0.3) is 0 Å². The van der Waals surface area contributed by atoms with Crippen LogP contribution < -0.4 is 15.4 Å². The van der Waals surface area contributed by atoms with Crippen molar-refractivity contribution in [3.63, 3.8) is 0 Å². The van der Waals surface area contributed by atoms with Crippen LogP contribution in [0.2, 0.25) is 0 Å². The van der Waals surface area contributed by atoms with Gasteiger partial charge in [-0.05, 0) is 42.3 Å². The Morgan fingerprint density at radius 3 is 2.50 bits per heavy atom. The van der Waals surface area contributed by atoms with Gasteiger partial charge in [-0.25, -0.2) is 0 Å². The van der Waals surface area contributed by atoms with Crippen molar-refractivity contribution in [1.82, 2.24) is 0 Å². The molecule has 0 saturated carbocycles. The molecule has 3 heteroatoms. The predicted octanol–water partition coefficient (Wildman–Crippen LogP) is 2.97. The lowest BCUT2D eigenvalue weighted by Gasteiger charge is -2.20. The van der Waals surface area contributed by atoms with Crippen LogP contribution >= 0.6 is 0 Å². The predicted molar refractivity (Wildman–Crippen MR) is 84.3 cm³/mol. The SMILES string of the molecule is Cc1cccc(N(C)CCOc2ccc(CN)cc2)c1. The van der Waals surface area contributed by atoms with E-state index in [0.717, 1.165) is 17.9 Å². The first-order chi connectivity index (χ1) is 9.69. The fourth-order valence-electron chi connectivity index (χ4n) is 2.02. The maximum absolute atomic E-state index is 5.75. The van der Waals surface area contributed by atoms with Gasteiger partial charge in [-0.3, -0.25) is 0 Å². The van der Waals surface area contributed by atoms with Gasteiger partial charge in [-0.15, -0.1) is 0 Å². The highest BCUT2D eigenvalue weighted by Crippen LogP contribution is 2.15. The summed E-state index contributed by atoms with van der Waals surface area (Å²) in [6, 6.07) is 16.4. The molecule has 0 bridgehead atoms. The fourth-order valence-corrected chi connectivity index (χ4v) is 2.02. The van der Waals surface area contributed by atoms with Crippen LogP contribution in [0.1, 0.15) is 11.1 Å². The third-order valence-electron chi connectivity index (χ3n) is 3.30. The zero-order valence-electron chi connectivity index (χ0n) is 12.2. The van der Waals surface area contributed by atoms with Crippen LogP contribution in [0.25, 0.3) is 0 Å². The van der Waals surface area contributed by atoms with E-state index >= 15 is 0 Å². The number of hydrogen-bond acceptors (Lipinski definition) is 3. The highest BCUT2D eigenvalue weighted by Gasteiger charge is 2.01. The summed E-state index contributed by atoms with van der Waals surface area (Å²) >= 11 is 0. The minimum absolute atomic E-state index is 0.566. The Hall–Kier alpha value is -2.00. The smallest absolute Gasteiger partial charge is 0.119 e. The molecule has 2 N–H and O–H groups in total. The third-order valence-corrected chi connectivity index (χ3v) is 3.30. The molecule has 0 atom stereocenters. The normalized spacial score (nSPS) is 10.3. The molecule has 0 aromatic heterocycles. The number of likely N-dealkylation sites (N-methyl/N-ethyl adjacent to an activating group) is 1. The molecule has 0 aliphatic heterocycles. The molecule has 2 aromatic carbocycles. The average molecular weight is 270 g/mol. The Morgan fingerprint density at radius 2 is 1.85 bits per heavy atom. The van der Waals surface area contributed by atoms with Crippen molar-refractivity contribution in [2.45, 2.75) is 13.5 Å². The number of benzene rings is 2. The number of nitrogens with zero attached hydrogens (tertiary/aromatic N) is 1. The van der Waals surface area contributed by atoms with Gasteiger partial charge < -0.3 is 15.4 Å². The van der Waals surface area contributed by atoms with E-state index in [1.165, 1.54) is 11.3 Å². The second-order valence-electron chi connectivity index (χ2n) is 4.96. The molecule has 0 radical (unpaired) electrons.